The minimum absolute atomic E-state index is 0.0466. The van der Waals surface area contributed by atoms with Gasteiger partial charge in [-0.05, 0) is 19.3 Å². The molecule has 2 saturated heterocycles. The van der Waals surface area contributed by atoms with Crippen LogP contribution in [0.1, 0.15) is 19.3 Å². The molecule has 9 heteroatoms. The van der Waals surface area contributed by atoms with Crippen molar-refractivity contribution >= 4 is 16.1 Å². The molecular weight excluding hydrogens is 274 g/mol. The molecule has 2 bridgehead atoms. The molecular formula is C9H12F2O6S. The molecule has 2 fully saturated rings. The standard InChI is InChI=1S/C9H12F2O6S/c10-9(11,18(13,14)15)4-16-8(12)6-3-5-1-2-7(6)17-5/h5-7H,1-4H2,(H,13,14,15). The number of hydrogen-bond donors (Lipinski definition) is 1. The third-order valence-corrected chi connectivity index (χ3v) is 4.04. The Bertz CT molecular complexity index is 448. The normalized spacial score (nSPS) is 31.6. The molecule has 104 valence electrons. The van der Waals surface area contributed by atoms with E-state index < -0.39 is 33.9 Å². The predicted molar refractivity (Wildman–Crippen MR) is 53.5 cm³/mol. The second kappa shape index (κ2) is 4.39. The summed E-state index contributed by atoms with van der Waals surface area (Å²) in [7, 11) is -5.57. The SMILES string of the molecule is O=C(OCC(F)(F)S(=O)(=O)O)C1CC2CCC1O2. The molecule has 0 radical (unpaired) electrons. The summed E-state index contributed by atoms with van der Waals surface area (Å²) in [6.45, 7) is -1.68. The molecule has 0 saturated carbocycles. The van der Waals surface area contributed by atoms with Gasteiger partial charge in [-0.15, -0.1) is 0 Å². The smallest absolute Gasteiger partial charge is 0.402 e. The van der Waals surface area contributed by atoms with Crippen LogP contribution in [0, 0.1) is 5.92 Å². The summed E-state index contributed by atoms with van der Waals surface area (Å²) in [5, 5.41) is -4.48. The third kappa shape index (κ3) is 2.47. The van der Waals surface area contributed by atoms with Gasteiger partial charge in [0.1, 0.15) is 0 Å². The number of carbonyl (C=O) groups excluding carboxylic acids is 1. The highest BCUT2D eigenvalue weighted by molar-refractivity contribution is 7.86. The Labute approximate surface area is 102 Å². The summed E-state index contributed by atoms with van der Waals surface area (Å²) >= 11 is 0. The summed E-state index contributed by atoms with van der Waals surface area (Å²) in [5.74, 6) is -1.54. The zero-order valence-corrected chi connectivity index (χ0v) is 10.0. The number of halogens is 2. The number of esters is 1. The maximum absolute atomic E-state index is 12.8. The Balaban J connectivity index is 1.90. The molecule has 2 heterocycles. The molecule has 18 heavy (non-hydrogen) atoms. The van der Waals surface area contributed by atoms with E-state index in [1.54, 1.807) is 0 Å². The fraction of sp³-hybridized carbons (Fsp3) is 0.889. The van der Waals surface area contributed by atoms with Crippen LogP contribution >= 0.6 is 0 Å². The van der Waals surface area contributed by atoms with Gasteiger partial charge in [-0.1, -0.05) is 0 Å². The molecule has 1 N–H and O–H groups in total. The van der Waals surface area contributed by atoms with Crippen molar-refractivity contribution < 1.29 is 36.0 Å². The average Bonchev–Trinajstić information content (AvgIpc) is 2.85. The number of alkyl halides is 2. The highest BCUT2D eigenvalue weighted by Gasteiger charge is 2.49. The molecule has 2 aliphatic rings. The Morgan fingerprint density at radius 3 is 2.56 bits per heavy atom. The quantitative estimate of drug-likeness (QED) is 0.600. The van der Waals surface area contributed by atoms with Crippen LogP contribution in [0.4, 0.5) is 8.78 Å². The van der Waals surface area contributed by atoms with Crippen LogP contribution in [0.15, 0.2) is 0 Å². The molecule has 0 aromatic rings. The van der Waals surface area contributed by atoms with Crippen molar-refractivity contribution in [1.29, 1.82) is 0 Å². The lowest BCUT2D eigenvalue weighted by molar-refractivity contribution is -0.156. The first-order valence-corrected chi connectivity index (χ1v) is 6.81. The van der Waals surface area contributed by atoms with E-state index in [0.29, 0.717) is 12.8 Å². The predicted octanol–water partition coefficient (Wildman–Crippen LogP) is 0.578. The topological polar surface area (TPSA) is 89.9 Å². The molecule has 2 aliphatic heterocycles. The van der Waals surface area contributed by atoms with Crippen molar-refractivity contribution in [3.63, 3.8) is 0 Å². The summed E-state index contributed by atoms with van der Waals surface area (Å²) < 4.78 is 64.1. The van der Waals surface area contributed by atoms with Crippen molar-refractivity contribution in [3.8, 4) is 0 Å². The number of fused-ring (bicyclic) bond motifs is 2. The molecule has 0 aromatic heterocycles. The van der Waals surface area contributed by atoms with Gasteiger partial charge in [0, 0.05) is 0 Å². The number of carbonyl (C=O) groups is 1. The molecule has 3 unspecified atom stereocenters. The lowest BCUT2D eigenvalue weighted by Gasteiger charge is -2.19. The van der Waals surface area contributed by atoms with Gasteiger partial charge in [-0.3, -0.25) is 9.35 Å². The number of ether oxygens (including phenoxy) is 2. The Morgan fingerprint density at radius 2 is 2.11 bits per heavy atom. The van der Waals surface area contributed by atoms with E-state index in [2.05, 4.69) is 4.74 Å². The van der Waals surface area contributed by atoms with Gasteiger partial charge in [0.2, 0.25) is 0 Å². The molecule has 6 nitrogen and oxygen atoms in total. The highest BCUT2D eigenvalue weighted by Crippen LogP contribution is 2.39. The van der Waals surface area contributed by atoms with Gasteiger partial charge >= 0.3 is 21.3 Å². The maximum Gasteiger partial charge on any atom is 0.402 e. The van der Waals surface area contributed by atoms with Crippen molar-refractivity contribution in [1.82, 2.24) is 0 Å². The molecule has 0 amide bonds. The zero-order valence-electron chi connectivity index (χ0n) is 9.21. The molecule has 3 atom stereocenters. The first-order valence-electron chi connectivity index (χ1n) is 5.37. The number of rotatable bonds is 4. The van der Waals surface area contributed by atoms with E-state index in [-0.39, 0.29) is 12.2 Å². The Morgan fingerprint density at radius 1 is 1.44 bits per heavy atom. The van der Waals surface area contributed by atoms with Crippen LogP contribution in [-0.2, 0) is 24.4 Å². The molecule has 0 aromatic carbocycles. The summed E-state index contributed by atoms with van der Waals surface area (Å²) in [5.41, 5.74) is 0. The van der Waals surface area contributed by atoms with Gasteiger partial charge in [0.15, 0.2) is 6.61 Å². The van der Waals surface area contributed by atoms with E-state index in [4.69, 9.17) is 9.29 Å². The lowest BCUT2D eigenvalue weighted by Crippen LogP contribution is -2.37. The largest absolute Gasteiger partial charge is 0.458 e. The first-order chi connectivity index (χ1) is 8.21. The van der Waals surface area contributed by atoms with Crippen LogP contribution in [0.2, 0.25) is 0 Å². The summed E-state index contributed by atoms with van der Waals surface area (Å²) in [4.78, 5) is 11.5. The molecule has 2 rings (SSSR count). The summed E-state index contributed by atoms with van der Waals surface area (Å²) in [6.07, 6.45) is 1.52. The Hall–Kier alpha value is -0.800. The lowest BCUT2D eigenvalue weighted by atomic mass is 9.89. The van der Waals surface area contributed by atoms with Crippen LogP contribution in [0.5, 0.6) is 0 Å². The number of hydrogen-bond acceptors (Lipinski definition) is 5. The van der Waals surface area contributed by atoms with Gasteiger partial charge in [0.25, 0.3) is 0 Å². The Kier molecular flexibility index (Phi) is 3.32. The van der Waals surface area contributed by atoms with Crippen LogP contribution in [0.3, 0.4) is 0 Å². The van der Waals surface area contributed by atoms with Gasteiger partial charge in [-0.25, -0.2) is 0 Å². The van der Waals surface area contributed by atoms with E-state index in [1.807, 2.05) is 0 Å². The van der Waals surface area contributed by atoms with Crippen LogP contribution < -0.4 is 0 Å². The second-order valence-electron chi connectivity index (χ2n) is 4.44. The molecule has 0 aliphatic carbocycles. The van der Waals surface area contributed by atoms with E-state index in [0.717, 1.165) is 6.42 Å². The van der Waals surface area contributed by atoms with Crippen LogP contribution in [0.25, 0.3) is 0 Å². The minimum atomic E-state index is -5.57. The van der Waals surface area contributed by atoms with Crippen molar-refractivity contribution in [2.24, 2.45) is 5.92 Å². The second-order valence-corrected chi connectivity index (χ2v) is 5.98. The highest BCUT2D eigenvalue weighted by atomic mass is 32.2. The zero-order chi connectivity index (χ0) is 13.6. The van der Waals surface area contributed by atoms with Crippen molar-refractivity contribution in [3.05, 3.63) is 0 Å². The first kappa shape index (κ1) is 13.6. The van der Waals surface area contributed by atoms with Crippen molar-refractivity contribution in [2.75, 3.05) is 6.61 Å². The molecule has 0 spiro atoms. The fourth-order valence-electron chi connectivity index (χ4n) is 2.22. The van der Waals surface area contributed by atoms with E-state index in [1.165, 1.54) is 0 Å². The van der Waals surface area contributed by atoms with Crippen LogP contribution in [-0.4, -0.2) is 43.0 Å². The van der Waals surface area contributed by atoms with E-state index >= 15 is 0 Å². The van der Waals surface area contributed by atoms with Gasteiger partial charge in [-0.2, -0.15) is 17.2 Å². The third-order valence-electron chi connectivity index (χ3n) is 3.17. The van der Waals surface area contributed by atoms with E-state index in [9.17, 15) is 22.0 Å². The van der Waals surface area contributed by atoms with Gasteiger partial charge in [0.05, 0.1) is 18.1 Å². The van der Waals surface area contributed by atoms with Crippen molar-refractivity contribution in [2.45, 2.75) is 36.7 Å². The minimum Gasteiger partial charge on any atom is -0.458 e. The summed E-state index contributed by atoms with van der Waals surface area (Å²) in [6, 6.07) is 0. The van der Waals surface area contributed by atoms with Gasteiger partial charge < -0.3 is 9.47 Å². The fourth-order valence-corrected chi connectivity index (χ4v) is 2.43. The monoisotopic (exact) mass is 286 g/mol. The maximum atomic E-state index is 12.8. The average molecular weight is 286 g/mol.